The Bertz CT molecular complexity index is 2990. The lowest BCUT2D eigenvalue weighted by atomic mass is 9.95. The van der Waals surface area contributed by atoms with Gasteiger partial charge < -0.3 is 9.97 Å². The summed E-state index contributed by atoms with van der Waals surface area (Å²) in [5.74, 6) is 0. The smallest absolute Gasteiger partial charge is 0.0737 e. The first kappa shape index (κ1) is 40.7. The van der Waals surface area contributed by atoms with E-state index in [9.17, 15) is 0 Å². The number of fused-ring (bicyclic) bond motifs is 10. The lowest BCUT2D eigenvalue weighted by molar-refractivity contribution is 0.323. The van der Waals surface area contributed by atoms with E-state index in [-0.39, 0.29) is 6.04 Å². The van der Waals surface area contributed by atoms with Gasteiger partial charge in [-0.15, -0.1) is 0 Å². The van der Waals surface area contributed by atoms with Crippen LogP contribution in [0.5, 0.6) is 0 Å². The third kappa shape index (κ3) is 7.71. The highest BCUT2D eigenvalue weighted by Gasteiger charge is 2.27. The Morgan fingerprint density at radius 3 is 1.13 bits per heavy atom. The predicted octanol–water partition coefficient (Wildman–Crippen LogP) is 15.7. The quantitative estimate of drug-likeness (QED) is 0.169. The van der Waals surface area contributed by atoms with E-state index in [0.29, 0.717) is 0 Å². The summed E-state index contributed by atoms with van der Waals surface area (Å²) < 4.78 is 4.79. The number of rotatable bonds is 5. The summed E-state index contributed by atoms with van der Waals surface area (Å²) in [5.41, 5.74) is 19.9. The van der Waals surface area contributed by atoms with E-state index in [1.54, 1.807) is 0 Å². The van der Waals surface area contributed by atoms with Gasteiger partial charge in [-0.2, -0.15) is 0 Å². The fourth-order valence-corrected chi connectivity index (χ4v) is 10.8. The molecule has 11 rings (SSSR count). The van der Waals surface area contributed by atoms with Gasteiger partial charge in [0.05, 0.1) is 11.4 Å². The molecule has 0 atom stereocenters. The molecule has 0 radical (unpaired) electrons. The Hall–Kier alpha value is -4.09. The number of hydrogen-bond acceptors (Lipinski definition) is 2. The summed E-state index contributed by atoms with van der Waals surface area (Å²) in [7, 11) is 0. The monoisotopic (exact) mass is 1250 g/mol. The number of H-pyrrole nitrogens is 2. The van der Waals surface area contributed by atoms with Crippen molar-refractivity contribution in [2.45, 2.75) is 18.9 Å². The summed E-state index contributed by atoms with van der Waals surface area (Å²) >= 11 is 9.61. The third-order valence-corrected chi connectivity index (χ3v) is 15.2. The molecular weight excluding hydrogens is 1210 g/mol. The standard InChI is InChI=1S/C54H38I4N4/c55-36-11-3-32(4-12-36)51-43-31-44(42-22-20-40(19-21-41(42)43)62-29-1-2-30-62)52(33-5-13-37(56)14-6-33)46-24-26-48(60-46)54(35-9-17-39(58)18-10-35)50-28-27-49(61-50)53(47-25-23-45(51)59-47)34-7-15-38(57)16-8-34/h3-28,31,40,59-60H,1-2,29-30H2. The number of likely N-dealkylation sites (tertiary alicyclic amines) is 1. The number of aromatic nitrogens is 3. The summed E-state index contributed by atoms with van der Waals surface area (Å²) in [4.78, 5) is 16.1. The predicted molar refractivity (Wildman–Crippen MR) is 294 cm³/mol. The van der Waals surface area contributed by atoms with E-state index >= 15 is 0 Å². The molecule has 2 N–H and O–H groups in total. The molecule has 7 aromatic rings. The molecule has 5 heterocycles. The maximum atomic E-state index is 5.51. The number of hydrogen-bond donors (Lipinski definition) is 2. The third-order valence-electron chi connectivity index (χ3n) is 12.3. The molecule has 0 unspecified atom stereocenters. The van der Waals surface area contributed by atoms with Crippen LogP contribution in [0.15, 0.2) is 152 Å². The fraction of sp³-hybridized carbons (Fsp3) is 0.0926. The maximum Gasteiger partial charge on any atom is 0.0737 e. The van der Waals surface area contributed by atoms with Gasteiger partial charge in [-0.25, -0.2) is 4.98 Å². The molecule has 0 amide bonds. The summed E-state index contributed by atoms with van der Waals surface area (Å²) in [6, 6.07) is 47.3. The highest BCUT2D eigenvalue weighted by atomic mass is 127. The van der Waals surface area contributed by atoms with Gasteiger partial charge in [0.25, 0.3) is 0 Å². The Morgan fingerprint density at radius 1 is 0.419 bits per heavy atom. The van der Waals surface area contributed by atoms with Crippen molar-refractivity contribution in [2.75, 3.05) is 13.1 Å². The number of aromatic amines is 2. The van der Waals surface area contributed by atoms with Gasteiger partial charge in [0.15, 0.2) is 0 Å². The lowest BCUT2D eigenvalue weighted by Gasteiger charge is -2.21. The van der Waals surface area contributed by atoms with Crippen molar-refractivity contribution in [3.8, 4) is 44.5 Å². The molecule has 8 bridgehead atoms. The first-order valence-corrected chi connectivity index (χ1v) is 25.2. The van der Waals surface area contributed by atoms with Gasteiger partial charge in [0, 0.05) is 64.6 Å². The van der Waals surface area contributed by atoms with E-state index in [4.69, 9.17) is 4.98 Å². The van der Waals surface area contributed by atoms with Crippen LogP contribution >= 0.6 is 90.4 Å². The Balaban J connectivity index is 1.33. The Labute approximate surface area is 416 Å². The van der Waals surface area contributed by atoms with Crippen molar-refractivity contribution in [3.63, 3.8) is 0 Å². The van der Waals surface area contributed by atoms with E-state index < -0.39 is 0 Å². The van der Waals surface area contributed by atoms with Crippen molar-refractivity contribution < 1.29 is 0 Å². The van der Waals surface area contributed by atoms with Gasteiger partial charge in [-0.05, 0) is 252 Å². The van der Waals surface area contributed by atoms with Crippen molar-refractivity contribution in [1.82, 2.24) is 19.9 Å². The molecule has 3 aromatic heterocycles. The molecular formula is C54H38I4N4. The van der Waals surface area contributed by atoms with E-state index in [0.717, 1.165) is 79.9 Å². The molecule has 2 aliphatic heterocycles. The molecule has 302 valence electrons. The highest BCUT2D eigenvalue weighted by molar-refractivity contribution is 14.1. The summed E-state index contributed by atoms with van der Waals surface area (Å²) in [6.07, 6.45) is 16.5. The van der Waals surface area contributed by atoms with Crippen molar-refractivity contribution in [3.05, 3.63) is 188 Å². The molecule has 1 fully saturated rings. The molecule has 0 saturated carbocycles. The molecule has 4 aliphatic rings. The number of nitrogens with zero attached hydrogens (tertiary/aromatic N) is 2. The minimum Gasteiger partial charge on any atom is -0.354 e. The average molecular weight is 1250 g/mol. The van der Waals surface area contributed by atoms with Crippen LogP contribution in [0.25, 0.3) is 89.9 Å². The van der Waals surface area contributed by atoms with Gasteiger partial charge in [0.2, 0.25) is 0 Å². The van der Waals surface area contributed by atoms with Gasteiger partial charge in [-0.1, -0.05) is 72.8 Å². The largest absolute Gasteiger partial charge is 0.354 e. The summed E-state index contributed by atoms with van der Waals surface area (Å²) in [6.45, 7) is 2.25. The molecule has 0 spiro atoms. The van der Waals surface area contributed by atoms with Crippen LogP contribution < -0.4 is 0 Å². The number of allylic oxidation sites excluding steroid dienone is 4. The van der Waals surface area contributed by atoms with Crippen LogP contribution in [-0.2, 0) is 0 Å². The van der Waals surface area contributed by atoms with E-state index in [2.05, 4.69) is 269 Å². The van der Waals surface area contributed by atoms with Crippen molar-refractivity contribution >= 4 is 136 Å². The number of halogens is 4. The summed E-state index contributed by atoms with van der Waals surface area (Å²) in [5, 5.41) is 0. The normalized spacial score (nSPS) is 15.1. The van der Waals surface area contributed by atoms with E-state index in [1.165, 1.54) is 60.5 Å². The zero-order chi connectivity index (χ0) is 41.9. The second-order valence-electron chi connectivity index (χ2n) is 16.1. The van der Waals surface area contributed by atoms with Gasteiger partial charge >= 0.3 is 0 Å². The Kier molecular flexibility index (Phi) is 11.2. The molecule has 4 aromatic carbocycles. The molecule has 2 aliphatic carbocycles. The second-order valence-corrected chi connectivity index (χ2v) is 21.0. The molecule has 8 heteroatoms. The van der Waals surface area contributed by atoms with Crippen LogP contribution in [-0.4, -0.2) is 39.0 Å². The number of benzene rings is 4. The fourth-order valence-electron chi connectivity index (χ4n) is 9.38. The molecule has 1 saturated heterocycles. The first-order chi connectivity index (χ1) is 30.3. The van der Waals surface area contributed by atoms with Crippen molar-refractivity contribution in [1.29, 1.82) is 0 Å². The average Bonchev–Trinajstić information content (AvgIpc) is 4.15. The maximum absolute atomic E-state index is 5.51. The van der Waals surface area contributed by atoms with Crippen LogP contribution in [0.2, 0.25) is 0 Å². The Morgan fingerprint density at radius 2 is 0.758 bits per heavy atom. The first-order valence-electron chi connectivity index (χ1n) is 20.8. The van der Waals surface area contributed by atoms with Gasteiger partial charge in [-0.3, -0.25) is 4.90 Å². The zero-order valence-corrected chi connectivity index (χ0v) is 42.0. The molecule has 4 nitrogen and oxygen atoms in total. The molecule has 62 heavy (non-hydrogen) atoms. The van der Waals surface area contributed by atoms with Crippen molar-refractivity contribution in [2.24, 2.45) is 0 Å². The van der Waals surface area contributed by atoms with Crippen LogP contribution in [0.3, 0.4) is 0 Å². The highest BCUT2D eigenvalue weighted by Crippen LogP contribution is 2.47. The lowest BCUT2D eigenvalue weighted by Crippen LogP contribution is -2.29. The number of nitrogens with one attached hydrogen (secondary N) is 2. The van der Waals surface area contributed by atoms with Crippen LogP contribution in [0.1, 0.15) is 35.4 Å². The SMILES string of the molecule is Ic1ccc(-c2c3cc(c(-c4ccc(I)cc4)c4ccc([nH]4)c(-c4ccc(I)cc4)c4nc(c(-c5ccc(I)cc5)c5ccc2[nH]5)C=C4)C2=C3C=CC(N3CCCC3)C=C2)cc1. The topological polar surface area (TPSA) is 47.7 Å². The van der Waals surface area contributed by atoms with Gasteiger partial charge in [0.1, 0.15) is 0 Å². The van der Waals surface area contributed by atoms with Crippen LogP contribution in [0, 0.1) is 14.3 Å². The van der Waals surface area contributed by atoms with Crippen LogP contribution in [0.4, 0.5) is 0 Å². The minimum absolute atomic E-state index is 0.235. The second kappa shape index (κ2) is 17.1. The minimum atomic E-state index is 0.235. The zero-order valence-electron chi connectivity index (χ0n) is 33.4. The van der Waals surface area contributed by atoms with E-state index in [1.807, 2.05) is 0 Å².